The van der Waals surface area contributed by atoms with E-state index in [1.165, 1.54) is 13.8 Å². The monoisotopic (exact) mass is 386 g/mol. The molecule has 0 N–H and O–H groups in total. The number of hydrogen-bond donors (Lipinski definition) is 0. The van der Waals surface area contributed by atoms with Crippen LogP contribution in [0.25, 0.3) is 0 Å². The Bertz CT molecular complexity index is 860. The molecular formula is C21H19ClO5. The Hall–Kier alpha value is -2.92. The van der Waals surface area contributed by atoms with E-state index in [0.717, 1.165) is 0 Å². The van der Waals surface area contributed by atoms with Crippen LogP contribution in [0.5, 0.6) is 0 Å². The van der Waals surface area contributed by atoms with Gasteiger partial charge in [0, 0.05) is 10.6 Å². The Morgan fingerprint density at radius 2 is 1.56 bits per heavy atom. The van der Waals surface area contributed by atoms with Crippen molar-refractivity contribution in [2.75, 3.05) is 0 Å². The number of ether oxygens (including phenoxy) is 2. The standard InChI is InChI=1S/C21H19ClO5/c1-13(2)19(23)26-14(3)20(24)27-21(25)18(15-9-5-4-6-10-15)16-11-7-8-12-17(16)22/h4-12,14,18H,1H2,2-3H3. The summed E-state index contributed by atoms with van der Waals surface area (Å²) in [6.07, 6.45) is -1.25. The molecule has 2 unspecified atom stereocenters. The maximum atomic E-state index is 12.8. The Kier molecular flexibility index (Phi) is 6.91. The molecule has 0 spiro atoms. The molecule has 0 aliphatic carbocycles. The molecule has 2 rings (SSSR count). The summed E-state index contributed by atoms with van der Waals surface area (Å²) in [5.41, 5.74) is 1.27. The van der Waals surface area contributed by atoms with Crippen LogP contribution in [0.4, 0.5) is 0 Å². The van der Waals surface area contributed by atoms with Gasteiger partial charge in [-0.15, -0.1) is 0 Å². The molecular weight excluding hydrogens is 368 g/mol. The summed E-state index contributed by atoms with van der Waals surface area (Å²) in [6.45, 7) is 6.21. The lowest BCUT2D eigenvalue weighted by molar-refractivity contribution is -0.172. The number of halogens is 1. The van der Waals surface area contributed by atoms with Crippen molar-refractivity contribution in [3.63, 3.8) is 0 Å². The van der Waals surface area contributed by atoms with Crippen molar-refractivity contribution in [2.24, 2.45) is 0 Å². The van der Waals surface area contributed by atoms with Gasteiger partial charge >= 0.3 is 17.9 Å². The van der Waals surface area contributed by atoms with Gasteiger partial charge in [0.2, 0.25) is 0 Å². The molecule has 0 aromatic heterocycles. The first-order chi connectivity index (χ1) is 12.8. The maximum absolute atomic E-state index is 12.8. The average molecular weight is 387 g/mol. The Morgan fingerprint density at radius 1 is 0.963 bits per heavy atom. The Balaban J connectivity index is 2.25. The van der Waals surface area contributed by atoms with Gasteiger partial charge in [-0.2, -0.15) is 0 Å². The Morgan fingerprint density at radius 3 is 2.15 bits per heavy atom. The predicted molar refractivity (Wildman–Crippen MR) is 101 cm³/mol. The maximum Gasteiger partial charge on any atom is 0.354 e. The zero-order valence-electron chi connectivity index (χ0n) is 15.0. The van der Waals surface area contributed by atoms with Gasteiger partial charge in [0.05, 0.1) is 0 Å². The van der Waals surface area contributed by atoms with Crippen LogP contribution >= 0.6 is 11.6 Å². The zero-order chi connectivity index (χ0) is 20.0. The molecule has 2 aromatic rings. The summed E-state index contributed by atoms with van der Waals surface area (Å²) in [4.78, 5) is 36.5. The van der Waals surface area contributed by atoms with Crippen LogP contribution in [0, 0.1) is 0 Å². The van der Waals surface area contributed by atoms with Crippen LogP contribution in [-0.2, 0) is 23.9 Å². The fourth-order valence-corrected chi connectivity index (χ4v) is 2.59. The van der Waals surface area contributed by atoms with Crippen LogP contribution in [0.3, 0.4) is 0 Å². The van der Waals surface area contributed by atoms with Gasteiger partial charge in [0.15, 0.2) is 6.10 Å². The van der Waals surface area contributed by atoms with Crippen molar-refractivity contribution >= 4 is 29.5 Å². The van der Waals surface area contributed by atoms with E-state index in [4.69, 9.17) is 21.1 Å². The lowest BCUT2D eigenvalue weighted by Crippen LogP contribution is -2.30. The zero-order valence-corrected chi connectivity index (χ0v) is 15.7. The van der Waals surface area contributed by atoms with Gasteiger partial charge in [-0.1, -0.05) is 66.7 Å². The number of carbonyl (C=O) groups excluding carboxylic acids is 3. The molecule has 2 atom stereocenters. The van der Waals surface area contributed by atoms with E-state index in [1.807, 2.05) is 6.07 Å². The average Bonchev–Trinajstić information content (AvgIpc) is 2.64. The second-order valence-corrected chi connectivity index (χ2v) is 6.34. The number of benzene rings is 2. The van der Waals surface area contributed by atoms with E-state index >= 15 is 0 Å². The van der Waals surface area contributed by atoms with Crippen molar-refractivity contribution in [1.82, 2.24) is 0 Å². The quantitative estimate of drug-likeness (QED) is 0.425. The fourth-order valence-electron chi connectivity index (χ4n) is 2.35. The molecule has 6 heteroatoms. The van der Waals surface area contributed by atoms with Crippen LogP contribution < -0.4 is 0 Å². The van der Waals surface area contributed by atoms with E-state index in [2.05, 4.69) is 6.58 Å². The first-order valence-corrected chi connectivity index (χ1v) is 8.60. The molecule has 140 valence electrons. The summed E-state index contributed by atoms with van der Waals surface area (Å²) in [5, 5.41) is 0.373. The van der Waals surface area contributed by atoms with Crippen molar-refractivity contribution < 1.29 is 23.9 Å². The molecule has 0 saturated carbocycles. The minimum Gasteiger partial charge on any atom is -0.447 e. The van der Waals surface area contributed by atoms with Crippen molar-refractivity contribution in [2.45, 2.75) is 25.9 Å². The van der Waals surface area contributed by atoms with Gasteiger partial charge < -0.3 is 9.47 Å². The van der Waals surface area contributed by atoms with E-state index < -0.39 is 29.9 Å². The molecule has 0 fully saturated rings. The van der Waals surface area contributed by atoms with Crippen molar-refractivity contribution in [1.29, 1.82) is 0 Å². The number of hydrogen-bond acceptors (Lipinski definition) is 5. The van der Waals surface area contributed by atoms with Gasteiger partial charge in [-0.3, -0.25) is 4.79 Å². The van der Waals surface area contributed by atoms with Crippen molar-refractivity contribution in [3.8, 4) is 0 Å². The first-order valence-electron chi connectivity index (χ1n) is 8.22. The molecule has 0 saturated heterocycles. The number of esters is 3. The molecule has 0 amide bonds. The first kappa shape index (κ1) is 20.4. The van der Waals surface area contributed by atoms with Crippen molar-refractivity contribution in [3.05, 3.63) is 82.9 Å². The molecule has 0 bridgehead atoms. The highest BCUT2D eigenvalue weighted by Crippen LogP contribution is 2.31. The summed E-state index contributed by atoms with van der Waals surface area (Å²) in [7, 11) is 0. The summed E-state index contributed by atoms with van der Waals surface area (Å²) >= 11 is 6.24. The molecule has 0 aliphatic rings. The van der Waals surface area contributed by atoms with Crippen LogP contribution in [0.15, 0.2) is 66.7 Å². The highest BCUT2D eigenvalue weighted by atomic mass is 35.5. The van der Waals surface area contributed by atoms with Gasteiger partial charge in [-0.25, -0.2) is 9.59 Å². The van der Waals surface area contributed by atoms with Crippen LogP contribution in [-0.4, -0.2) is 24.0 Å². The predicted octanol–water partition coefficient (Wildman–Crippen LogP) is 4.05. The van der Waals surface area contributed by atoms with Crippen LogP contribution in [0.1, 0.15) is 30.9 Å². The summed E-state index contributed by atoms with van der Waals surface area (Å²) < 4.78 is 9.87. The summed E-state index contributed by atoms with van der Waals surface area (Å²) in [6, 6.07) is 15.6. The molecule has 0 radical (unpaired) electrons. The number of rotatable bonds is 6. The smallest absolute Gasteiger partial charge is 0.354 e. The fraction of sp³-hybridized carbons (Fsp3) is 0.190. The normalized spacial score (nSPS) is 12.6. The SMILES string of the molecule is C=C(C)C(=O)OC(C)C(=O)OC(=O)C(c1ccccc1)c1ccccc1Cl. The lowest BCUT2D eigenvalue weighted by atomic mass is 9.91. The largest absolute Gasteiger partial charge is 0.447 e. The highest BCUT2D eigenvalue weighted by Gasteiger charge is 2.30. The van der Waals surface area contributed by atoms with E-state index in [9.17, 15) is 14.4 Å². The third kappa shape index (κ3) is 5.28. The van der Waals surface area contributed by atoms with E-state index in [0.29, 0.717) is 16.1 Å². The minimum atomic E-state index is -1.25. The van der Waals surface area contributed by atoms with Gasteiger partial charge in [-0.05, 0) is 31.0 Å². The van der Waals surface area contributed by atoms with Crippen LogP contribution in [0.2, 0.25) is 5.02 Å². The molecule has 5 nitrogen and oxygen atoms in total. The summed E-state index contributed by atoms with van der Waals surface area (Å²) in [5.74, 6) is -3.41. The second kappa shape index (κ2) is 9.14. The second-order valence-electron chi connectivity index (χ2n) is 5.93. The minimum absolute atomic E-state index is 0.138. The molecule has 0 heterocycles. The Labute approximate surface area is 162 Å². The van der Waals surface area contributed by atoms with E-state index in [-0.39, 0.29) is 5.57 Å². The molecule has 0 aliphatic heterocycles. The highest BCUT2D eigenvalue weighted by molar-refractivity contribution is 6.31. The number of carbonyl (C=O) groups is 3. The third-order valence-corrected chi connectivity index (χ3v) is 4.09. The van der Waals surface area contributed by atoms with Gasteiger partial charge in [0.1, 0.15) is 5.92 Å². The van der Waals surface area contributed by atoms with E-state index in [1.54, 1.807) is 48.5 Å². The third-order valence-electron chi connectivity index (χ3n) is 3.75. The molecule has 2 aromatic carbocycles. The van der Waals surface area contributed by atoms with Gasteiger partial charge in [0.25, 0.3) is 0 Å². The lowest BCUT2D eigenvalue weighted by Gasteiger charge is -2.19. The topological polar surface area (TPSA) is 69.7 Å². The molecule has 27 heavy (non-hydrogen) atoms.